The molecule has 0 spiro atoms. The van der Waals surface area contributed by atoms with Crippen LogP contribution in [0.2, 0.25) is 0 Å². The third kappa shape index (κ3) is 5.49. The number of fused-ring (bicyclic) bond motifs is 14. The highest BCUT2D eigenvalue weighted by Crippen LogP contribution is 2.51. The second-order valence-electron chi connectivity index (χ2n) is 20.0. The molecule has 14 rings (SSSR count). The third-order valence-electron chi connectivity index (χ3n) is 15.2. The van der Waals surface area contributed by atoms with E-state index in [-0.39, 0.29) is 10.8 Å². The van der Waals surface area contributed by atoms with Gasteiger partial charge in [0, 0.05) is 38.2 Å². The Morgan fingerprint density at radius 1 is 0.448 bits per heavy atom. The van der Waals surface area contributed by atoms with Gasteiger partial charge < -0.3 is 8.98 Å². The lowest BCUT2D eigenvalue weighted by atomic mass is 9.63. The molecule has 1 aliphatic rings. The Morgan fingerprint density at radius 2 is 1.04 bits per heavy atom. The maximum Gasteiger partial charge on any atom is 0.236 e. The minimum atomic E-state index is -0.0199. The topological polar surface area (TPSA) is 48.8 Å². The summed E-state index contributed by atoms with van der Waals surface area (Å²) in [5, 5.41) is 10.8. The second-order valence-corrected chi connectivity index (χ2v) is 20.0. The van der Waals surface area contributed by atoms with Crippen LogP contribution in [0.5, 0.6) is 0 Å². The molecule has 4 aromatic heterocycles. The molecule has 320 valence electrons. The fourth-order valence-electron chi connectivity index (χ4n) is 11.7. The molecule has 1 aliphatic carbocycles. The Hall–Kier alpha value is -8.02. The zero-order valence-electron chi connectivity index (χ0n) is 37.9. The molecule has 5 nitrogen and oxygen atoms in total. The van der Waals surface area contributed by atoms with Crippen LogP contribution >= 0.6 is 0 Å². The molecule has 0 aliphatic heterocycles. The van der Waals surface area contributed by atoms with E-state index < -0.39 is 0 Å². The highest BCUT2D eigenvalue weighted by molar-refractivity contribution is 6.33. The molecule has 0 N–H and O–H groups in total. The van der Waals surface area contributed by atoms with Gasteiger partial charge in [0.15, 0.2) is 5.58 Å². The summed E-state index contributed by atoms with van der Waals surface area (Å²) in [5.41, 5.74) is 14.8. The van der Waals surface area contributed by atoms with E-state index in [4.69, 9.17) is 14.4 Å². The summed E-state index contributed by atoms with van der Waals surface area (Å²) >= 11 is 0. The maximum absolute atomic E-state index is 6.78. The monoisotopic (exact) mass is 862 g/mol. The average Bonchev–Trinajstić information content (AvgIpc) is 4.02. The first-order chi connectivity index (χ1) is 32.7. The van der Waals surface area contributed by atoms with Gasteiger partial charge in [-0.25, -0.2) is 9.97 Å². The number of aromatic nitrogens is 4. The van der Waals surface area contributed by atoms with Crippen molar-refractivity contribution in [2.75, 3.05) is 0 Å². The zero-order chi connectivity index (χ0) is 44.8. The van der Waals surface area contributed by atoms with E-state index in [1.165, 1.54) is 70.8 Å². The van der Waals surface area contributed by atoms with Crippen molar-refractivity contribution >= 4 is 87.2 Å². The fourth-order valence-corrected chi connectivity index (χ4v) is 11.7. The molecule has 0 amide bonds. The smallest absolute Gasteiger partial charge is 0.236 e. The predicted octanol–water partition coefficient (Wildman–Crippen LogP) is 16.6. The first-order valence-electron chi connectivity index (χ1n) is 23.5. The van der Waals surface area contributed by atoms with Gasteiger partial charge in [0.2, 0.25) is 5.95 Å². The normalized spacial score (nSPS) is 14.7. The molecule has 0 radical (unpaired) electrons. The van der Waals surface area contributed by atoms with Crippen molar-refractivity contribution in [3.63, 3.8) is 0 Å². The van der Waals surface area contributed by atoms with Crippen LogP contribution in [0.3, 0.4) is 0 Å². The highest BCUT2D eigenvalue weighted by atomic mass is 16.3. The molecule has 0 unspecified atom stereocenters. The molecule has 0 saturated carbocycles. The van der Waals surface area contributed by atoms with Gasteiger partial charge in [0.1, 0.15) is 16.8 Å². The summed E-state index contributed by atoms with van der Waals surface area (Å²) in [7, 11) is 0. The highest BCUT2D eigenvalue weighted by Gasteiger charge is 2.38. The van der Waals surface area contributed by atoms with Gasteiger partial charge in [0.05, 0.1) is 22.1 Å². The van der Waals surface area contributed by atoms with Gasteiger partial charge in [-0.2, -0.15) is 0 Å². The van der Waals surface area contributed by atoms with Crippen molar-refractivity contribution in [2.24, 2.45) is 0 Å². The number of hydrogen-bond acceptors (Lipinski definition) is 3. The number of hydrogen-bond donors (Lipinski definition) is 0. The van der Waals surface area contributed by atoms with E-state index in [0.717, 1.165) is 62.9 Å². The maximum atomic E-state index is 6.78. The first-order valence-corrected chi connectivity index (χ1v) is 23.5. The van der Waals surface area contributed by atoms with Crippen molar-refractivity contribution in [2.45, 2.75) is 51.4 Å². The van der Waals surface area contributed by atoms with E-state index >= 15 is 0 Å². The van der Waals surface area contributed by atoms with Crippen LogP contribution in [0.25, 0.3) is 121 Å². The lowest BCUT2D eigenvalue weighted by Crippen LogP contribution is -2.33. The summed E-state index contributed by atoms with van der Waals surface area (Å²) in [5.74, 6) is 0.619. The lowest BCUT2D eigenvalue weighted by Gasteiger charge is -2.42. The first kappa shape index (κ1) is 38.3. The lowest BCUT2D eigenvalue weighted by molar-refractivity contribution is 0.332. The number of furan rings is 1. The van der Waals surface area contributed by atoms with E-state index in [0.29, 0.717) is 11.5 Å². The van der Waals surface area contributed by atoms with Crippen LogP contribution < -0.4 is 0 Å². The fraction of sp³-hybridized carbons (Fsp3) is 0.129. The molecular formula is C62H46N4O. The second kappa shape index (κ2) is 13.8. The average molecular weight is 863 g/mol. The van der Waals surface area contributed by atoms with Crippen molar-refractivity contribution in [3.8, 4) is 34.0 Å². The molecule has 9 aromatic carbocycles. The van der Waals surface area contributed by atoms with E-state index in [1.807, 2.05) is 12.1 Å². The predicted molar refractivity (Wildman–Crippen MR) is 279 cm³/mol. The van der Waals surface area contributed by atoms with Gasteiger partial charge in [-0.3, -0.25) is 4.57 Å². The van der Waals surface area contributed by atoms with Gasteiger partial charge in [-0.05, 0) is 128 Å². The molecule has 5 heteroatoms. The minimum Gasteiger partial charge on any atom is -0.452 e. The zero-order valence-corrected chi connectivity index (χ0v) is 37.9. The van der Waals surface area contributed by atoms with Crippen LogP contribution in [-0.4, -0.2) is 19.1 Å². The summed E-state index contributed by atoms with van der Waals surface area (Å²) in [6, 6.07) is 66.1. The Balaban J connectivity index is 1.14. The molecule has 13 aromatic rings. The van der Waals surface area contributed by atoms with Gasteiger partial charge in [0.25, 0.3) is 0 Å². The number of benzene rings is 9. The summed E-state index contributed by atoms with van der Waals surface area (Å²) < 4.78 is 11.6. The molecule has 0 atom stereocenters. The molecule has 0 saturated heterocycles. The van der Waals surface area contributed by atoms with Crippen molar-refractivity contribution in [3.05, 3.63) is 193 Å². The van der Waals surface area contributed by atoms with Gasteiger partial charge in [-0.15, -0.1) is 0 Å². The minimum absolute atomic E-state index is 0.000514. The number of nitrogens with zero attached hydrogens (tertiary/aromatic N) is 4. The van der Waals surface area contributed by atoms with E-state index in [2.05, 4.69) is 207 Å². The van der Waals surface area contributed by atoms with Crippen molar-refractivity contribution in [1.29, 1.82) is 0 Å². The van der Waals surface area contributed by atoms with Crippen LogP contribution in [0.4, 0.5) is 0 Å². The molecular weight excluding hydrogens is 817 g/mol. The van der Waals surface area contributed by atoms with Crippen LogP contribution in [0.1, 0.15) is 51.7 Å². The Morgan fingerprint density at radius 3 is 1.85 bits per heavy atom. The Kier molecular flexibility index (Phi) is 7.86. The number of rotatable bonds is 4. The van der Waals surface area contributed by atoms with Crippen LogP contribution in [-0.2, 0) is 10.8 Å². The third-order valence-corrected chi connectivity index (χ3v) is 15.2. The standard InChI is InChI=1S/C62H46N4O/c1-61(2)32-33-62(3,4)48-36-52-46(35-47(48)61)55-50(30-31-51-56(55)54-44-24-11-9-17-38(44)28-29-49(54)65(51)41-21-6-5-7-22-41)66(52)60-63-57(59-58(64-60)45-25-12-13-27-53(45)67-59)40-20-14-19-39(34-40)43-26-15-18-37-16-8-10-23-42(37)43/h5-31,34-36H,32-33H2,1-4H3. The number of para-hydroxylation sites is 2. The van der Waals surface area contributed by atoms with Gasteiger partial charge >= 0.3 is 0 Å². The SMILES string of the molecule is CC1(C)CCC(C)(C)c2cc3c(cc21)c1c2c4c5ccccc5ccc4n(-c4ccccc4)c2ccc1n3-c1nc(-c2cccc(-c3cccc4ccccc34)c2)c2oc3ccccc3c2n1. The van der Waals surface area contributed by atoms with Crippen LogP contribution in [0, 0.1) is 0 Å². The molecule has 0 bridgehead atoms. The largest absolute Gasteiger partial charge is 0.452 e. The van der Waals surface area contributed by atoms with E-state index in [9.17, 15) is 0 Å². The molecule has 67 heavy (non-hydrogen) atoms. The van der Waals surface area contributed by atoms with Crippen molar-refractivity contribution in [1.82, 2.24) is 19.1 Å². The quantitative estimate of drug-likeness (QED) is 0.177. The van der Waals surface area contributed by atoms with Gasteiger partial charge in [-0.1, -0.05) is 149 Å². The van der Waals surface area contributed by atoms with Crippen molar-refractivity contribution < 1.29 is 4.42 Å². The summed E-state index contributed by atoms with van der Waals surface area (Å²) in [4.78, 5) is 11.3. The summed E-state index contributed by atoms with van der Waals surface area (Å²) in [6.07, 6.45) is 2.24. The van der Waals surface area contributed by atoms with E-state index in [1.54, 1.807) is 0 Å². The Bertz CT molecular complexity index is 4220. The Labute approximate surface area is 387 Å². The molecule has 4 heterocycles. The summed E-state index contributed by atoms with van der Waals surface area (Å²) in [6.45, 7) is 9.68. The van der Waals surface area contributed by atoms with Crippen LogP contribution in [0.15, 0.2) is 186 Å². The molecule has 0 fully saturated rings.